The van der Waals surface area contributed by atoms with Crippen LogP contribution in [0.2, 0.25) is 0 Å². The van der Waals surface area contributed by atoms with Crippen LogP contribution in [0.1, 0.15) is 30.5 Å². The summed E-state index contributed by atoms with van der Waals surface area (Å²) in [6.45, 7) is 2.50. The highest BCUT2D eigenvalue weighted by Crippen LogP contribution is 2.45. The first kappa shape index (κ1) is 22.9. The maximum absolute atomic E-state index is 13.3. The zero-order valence-electron chi connectivity index (χ0n) is 18.9. The molecule has 1 saturated heterocycles. The molecule has 1 fully saturated rings. The summed E-state index contributed by atoms with van der Waals surface area (Å²) in [6, 6.07) is 18.9. The summed E-state index contributed by atoms with van der Waals surface area (Å²) in [5.74, 6) is -0.924. The van der Waals surface area contributed by atoms with Crippen LogP contribution in [0.3, 0.4) is 0 Å². The van der Waals surface area contributed by atoms with Crippen LogP contribution in [0.15, 0.2) is 78.4 Å². The molecule has 3 aromatic carbocycles. The Labute approximate surface area is 197 Å². The maximum Gasteiger partial charge on any atom is 0.300 e. The molecule has 0 bridgehead atoms. The number of aliphatic hydroxyl groups excluding tert-OH is 1. The van der Waals surface area contributed by atoms with Crippen molar-refractivity contribution in [3.8, 4) is 17.2 Å². The van der Waals surface area contributed by atoms with Gasteiger partial charge in [-0.15, -0.1) is 0 Å². The Hall–Kier alpha value is -4.26. The largest absolute Gasteiger partial charge is 0.508 e. The van der Waals surface area contributed by atoms with Crippen molar-refractivity contribution in [1.82, 2.24) is 0 Å². The fourth-order valence-electron chi connectivity index (χ4n) is 3.99. The van der Waals surface area contributed by atoms with E-state index >= 15 is 0 Å². The average molecular weight is 459 g/mol. The van der Waals surface area contributed by atoms with E-state index in [1.54, 1.807) is 60.7 Å². The molecular weight excluding hydrogens is 434 g/mol. The van der Waals surface area contributed by atoms with Gasteiger partial charge in [0.15, 0.2) is 0 Å². The van der Waals surface area contributed by atoms with Crippen LogP contribution in [-0.2, 0) is 9.59 Å². The molecule has 34 heavy (non-hydrogen) atoms. The van der Waals surface area contributed by atoms with Gasteiger partial charge in [-0.25, -0.2) is 0 Å². The summed E-state index contributed by atoms with van der Waals surface area (Å²) in [7, 11) is 1.48. The first-order valence-electron chi connectivity index (χ1n) is 10.9. The number of ether oxygens (including phenoxy) is 2. The standard InChI is InChI=1S/C27H25NO6/c1-3-15-34-20-8-6-7-18(16-20)25(30)23-24(17-11-13-19(29)14-12-17)28(27(32)26(23)31)21-9-4-5-10-22(21)33-2/h4-14,16,24,29-30H,3,15H2,1-2H3/b25-23-. The minimum atomic E-state index is -0.933. The van der Waals surface area contributed by atoms with Crippen LogP contribution < -0.4 is 14.4 Å². The summed E-state index contributed by atoms with van der Waals surface area (Å²) in [5.41, 5.74) is 1.23. The van der Waals surface area contributed by atoms with Gasteiger partial charge in [0.05, 0.1) is 31.0 Å². The lowest BCUT2D eigenvalue weighted by Crippen LogP contribution is -2.29. The second-order valence-corrected chi connectivity index (χ2v) is 7.81. The van der Waals surface area contributed by atoms with Crippen molar-refractivity contribution in [2.24, 2.45) is 0 Å². The fourth-order valence-corrected chi connectivity index (χ4v) is 3.99. The molecule has 3 aromatic rings. The van der Waals surface area contributed by atoms with Gasteiger partial charge in [0.2, 0.25) is 0 Å². The fraction of sp³-hybridized carbons (Fsp3) is 0.185. The molecule has 174 valence electrons. The third kappa shape index (κ3) is 4.20. The van der Waals surface area contributed by atoms with Crippen molar-refractivity contribution in [2.45, 2.75) is 19.4 Å². The number of amides is 1. The predicted octanol–water partition coefficient (Wildman–Crippen LogP) is 4.82. The lowest BCUT2D eigenvalue weighted by Gasteiger charge is -2.26. The number of aliphatic hydroxyl groups is 1. The van der Waals surface area contributed by atoms with Gasteiger partial charge >= 0.3 is 0 Å². The van der Waals surface area contributed by atoms with Crippen LogP contribution in [0.5, 0.6) is 17.2 Å². The molecular formula is C27H25NO6. The van der Waals surface area contributed by atoms with E-state index in [-0.39, 0.29) is 17.1 Å². The molecule has 4 rings (SSSR count). The zero-order chi connectivity index (χ0) is 24.2. The number of carbonyl (C=O) groups excluding carboxylic acids is 2. The second kappa shape index (κ2) is 9.70. The molecule has 2 N–H and O–H groups in total. The molecule has 1 unspecified atom stereocenters. The van der Waals surface area contributed by atoms with E-state index in [0.29, 0.717) is 34.9 Å². The molecule has 1 atom stereocenters. The van der Waals surface area contributed by atoms with E-state index in [1.165, 1.54) is 24.1 Å². The average Bonchev–Trinajstić information content (AvgIpc) is 3.13. The minimum Gasteiger partial charge on any atom is -0.508 e. The third-order valence-corrected chi connectivity index (χ3v) is 5.58. The number of methoxy groups -OCH3 is 1. The van der Waals surface area contributed by atoms with Crippen molar-refractivity contribution in [2.75, 3.05) is 18.6 Å². The van der Waals surface area contributed by atoms with Crippen LogP contribution >= 0.6 is 0 Å². The number of para-hydroxylation sites is 2. The number of carbonyl (C=O) groups is 2. The first-order chi connectivity index (χ1) is 16.5. The number of phenols is 1. The van der Waals surface area contributed by atoms with Gasteiger partial charge in [0.1, 0.15) is 23.0 Å². The lowest BCUT2D eigenvalue weighted by molar-refractivity contribution is -0.132. The number of rotatable bonds is 7. The Morgan fingerprint density at radius 3 is 2.44 bits per heavy atom. The topological polar surface area (TPSA) is 96.3 Å². The Balaban J connectivity index is 1.91. The highest BCUT2D eigenvalue weighted by molar-refractivity contribution is 6.51. The second-order valence-electron chi connectivity index (χ2n) is 7.81. The summed E-state index contributed by atoms with van der Waals surface area (Å²) in [5, 5.41) is 21.1. The number of benzene rings is 3. The number of ketones is 1. The molecule has 1 amide bonds. The Morgan fingerprint density at radius 1 is 1.00 bits per heavy atom. The number of hydrogen-bond donors (Lipinski definition) is 2. The van der Waals surface area contributed by atoms with Crippen LogP contribution in [0.4, 0.5) is 5.69 Å². The quantitative estimate of drug-likeness (QED) is 0.299. The van der Waals surface area contributed by atoms with Crippen LogP contribution in [0, 0.1) is 0 Å². The molecule has 7 heteroatoms. The van der Waals surface area contributed by atoms with Gasteiger partial charge in [-0.2, -0.15) is 0 Å². The number of hydrogen-bond acceptors (Lipinski definition) is 6. The lowest BCUT2D eigenvalue weighted by atomic mass is 9.95. The summed E-state index contributed by atoms with van der Waals surface area (Å²) in [4.78, 5) is 27.9. The Kier molecular flexibility index (Phi) is 6.54. The molecule has 0 spiro atoms. The number of nitrogens with zero attached hydrogens (tertiary/aromatic N) is 1. The van der Waals surface area contributed by atoms with Crippen molar-refractivity contribution in [1.29, 1.82) is 0 Å². The minimum absolute atomic E-state index is 0.0405. The van der Waals surface area contributed by atoms with Crippen LogP contribution in [0.25, 0.3) is 5.76 Å². The molecule has 0 aliphatic carbocycles. The summed E-state index contributed by atoms with van der Waals surface area (Å²) in [6.07, 6.45) is 0.821. The molecule has 1 heterocycles. The van der Waals surface area contributed by atoms with E-state index < -0.39 is 17.7 Å². The SMILES string of the molecule is CCCOc1cccc(/C(O)=C2/C(=O)C(=O)N(c3ccccc3OC)C2c2ccc(O)cc2)c1. The van der Waals surface area contributed by atoms with E-state index in [0.717, 1.165) is 6.42 Å². The number of aromatic hydroxyl groups is 1. The van der Waals surface area contributed by atoms with E-state index in [9.17, 15) is 19.8 Å². The molecule has 1 aliphatic rings. The van der Waals surface area contributed by atoms with Gasteiger partial charge in [-0.1, -0.05) is 43.3 Å². The maximum atomic E-state index is 13.3. The van der Waals surface area contributed by atoms with Crippen LogP contribution in [-0.4, -0.2) is 35.6 Å². The van der Waals surface area contributed by atoms with Gasteiger partial charge < -0.3 is 19.7 Å². The van der Waals surface area contributed by atoms with Crippen molar-refractivity contribution in [3.05, 3.63) is 89.5 Å². The third-order valence-electron chi connectivity index (χ3n) is 5.58. The molecule has 7 nitrogen and oxygen atoms in total. The predicted molar refractivity (Wildman–Crippen MR) is 128 cm³/mol. The molecule has 1 aliphatic heterocycles. The smallest absolute Gasteiger partial charge is 0.300 e. The van der Waals surface area contributed by atoms with E-state index in [2.05, 4.69) is 0 Å². The van der Waals surface area contributed by atoms with Crippen molar-refractivity contribution >= 4 is 23.1 Å². The summed E-state index contributed by atoms with van der Waals surface area (Å²) < 4.78 is 11.1. The normalized spacial score (nSPS) is 17.1. The number of phenolic OH excluding ortho intramolecular Hbond substituents is 1. The molecule has 0 aromatic heterocycles. The number of anilines is 1. The van der Waals surface area contributed by atoms with Gasteiger partial charge in [-0.3, -0.25) is 14.5 Å². The highest BCUT2D eigenvalue weighted by atomic mass is 16.5. The molecule has 0 radical (unpaired) electrons. The highest BCUT2D eigenvalue weighted by Gasteiger charge is 2.47. The van der Waals surface area contributed by atoms with E-state index in [1.807, 2.05) is 6.92 Å². The first-order valence-corrected chi connectivity index (χ1v) is 10.9. The van der Waals surface area contributed by atoms with Crippen molar-refractivity contribution < 1.29 is 29.3 Å². The Morgan fingerprint density at radius 2 is 1.74 bits per heavy atom. The van der Waals surface area contributed by atoms with Gasteiger partial charge in [-0.05, 0) is 48.4 Å². The zero-order valence-corrected chi connectivity index (χ0v) is 18.9. The monoisotopic (exact) mass is 459 g/mol. The van der Waals surface area contributed by atoms with Gasteiger partial charge in [0, 0.05) is 5.56 Å². The number of Topliss-reactive ketones (excluding diaryl/α,β-unsaturated/α-hetero) is 1. The van der Waals surface area contributed by atoms with Gasteiger partial charge in [0.25, 0.3) is 11.7 Å². The summed E-state index contributed by atoms with van der Waals surface area (Å²) >= 11 is 0. The van der Waals surface area contributed by atoms with E-state index in [4.69, 9.17) is 9.47 Å². The Bertz CT molecular complexity index is 1250. The van der Waals surface area contributed by atoms with Crippen molar-refractivity contribution in [3.63, 3.8) is 0 Å². The molecule has 0 saturated carbocycles.